The van der Waals surface area contributed by atoms with Crippen LogP contribution in [0, 0.1) is 0 Å². The van der Waals surface area contributed by atoms with Gasteiger partial charge in [-0.25, -0.2) is 0 Å². The lowest BCUT2D eigenvalue weighted by Gasteiger charge is -2.26. The summed E-state index contributed by atoms with van der Waals surface area (Å²) < 4.78 is 5.52. The molecule has 1 aliphatic heterocycles. The van der Waals surface area contributed by atoms with Gasteiger partial charge in [-0.2, -0.15) is 0 Å². The van der Waals surface area contributed by atoms with Gasteiger partial charge >= 0.3 is 0 Å². The van der Waals surface area contributed by atoms with Gasteiger partial charge in [-0.1, -0.05) is 48.3 Å². The van der Waals surface area contributed by atoms with Crippen LogP contribution in [0.5, 0.6) is 11.5 Å². The maximum Gasteiger partial charge on any atom is 0.300 e. The summed E-state index contributed by atoms with van der Waals surface area (Å²) in [5.41, 5.74) is 1.99. The van der Waals surface area contributed by atoms with E-state index in [0.29, 0.717) is 23.6 Å². The molecule has 1 aliphatic rings. The first-order valence-corrected chi connectivity index (χ1v) is 11.8. The van der Waals surface area contributed by atoms with E-state index in [2.05, 4.69) is 0 Å². The molecule has 3 aromatic carbocycles. The Kier molecular flexibility index (Phi) is 7.05. The number of carbonyl (C=O) groups is 2. The number of ether oxygens (including phenoxy) is 1. The molecule has 1 amide bonds. The van der Waals surface area contributed by atoms with Gasteiger partial charge in [0.25, 0.3) is 11.7 Å². The lowest BCUT2D eigenvalue weighted by atomic mass is 9.95. The van der Waals surface area contributed by atoms with Gasteiger partial charge in [0.05, 0.1) is 28.3 Å². The van der Waals surface area contributed by atoms with Crippen LogP contribution in [0.25, 0.3) is 5.76 Å². The molecular weight excluding hydrogens is 489 g/mol. The summed E-state index contributed by atoms with van der Waals surface area (Å²) >= 11 is 12.5. The van der Waals surface area contributed by atoms with Gasteiger partial charge in [0.1, 0.15) is 17.3 Å². The lowest BCUT2D eigenvalue weighted by Crippen LogP contribution is -2.29. The highest BCUT2D eigenvalue weighted by Crippen LogP contribution is 2.44. The number of hydrogen-bond donors (Lipinski definition) is 2. The Bertz CT molecular complexity index is 1330. The van der Waals surface area contributed by atoms with Crippen LogP contribution in [0.2, 0.25) is 10.0 Å². The Hall–Kier alpha value is -3.48. The molecule has 0 spiro atoms. The van der Waals surface area contributed by atoms with Crippen molar-refractivity contribution in [2.24, 2.45) is 0 Å². The lowest BCUT2D eigenvalue weighted by molar-refractivity contribution is -0.132. The largest absolute Gasteiger partial charge is 0.507 e. The Balaban J connectivity index is 1.95. The zero-order valence-electron chi connectivity index (χ0n) is 19.1. The number of rotatable bonds is 6. The predicted molar refractivity (Wildman–Crippen MR) is 136 cm³/mol. The second-order valence-electron chi connectivity index (χ2n) is 7.97. The van der Waals surface area contributed by atoms with Gasteiger partial charge < -0.3 is 14.9 Å². The first kappa shape index (κ1) is 24.6. The van der Waals surface area contributed by atoms with E-state index in [4.69, 9.17) is 27.9 Å². The second kappa shape index (κ2) is 10.0. The number of carbonyl (C=O) groups excluding carboxylic acids is 2. The SMILES string of the molecule is CCOc1ccc(Cl)c(/C(O)=C2\C(=O)C(=O)N(c3ccc(CC)cc3)C2c2ccc(O)c(Cl)c2)c1. The molecule has 1 atom stereocenters. The molecule has 35 heavy (non-hydrogen) atoms. The van der Waals surface area contributed by atoms with Crippen LogP contribution >= 0.6 is 23.2 Å². The molecule has 2 N–H and O–H groups in total. The quantitative estimate of drug-likeness (QED) is 0.230. The minimum Gasteiger partial charge on any atom is -0.507 e. The van der Waals surface area contributed by atoms with E-state index in [1.54, 1.807) is 30.3 Å². The van der Waals surface area contributed by atoms with E-state index in [0.717, 1.165) is 12.0 Å². The summed E-state index contributed by atoms with van der Waals surface area (Å²) in [7, 11) is 0. The monoisotopic (exact) mass is 511 g/mol. The van der Waals surface area contributed by atoms with Crippen LogP contribution in [0.15, 0.2) is 66.2 Å². The Morgan fingerprint density at radius 3 is 2.31 bits per heavy atom. The third kappa shape index (κ3) is 4.59. The summed E-state index contributed by atoms with van der Waals surface area (Å²) in [6.07, 6.45) is 0.810. The number of phenols is 1. The number of benzene rings is 3. The number of Topliss-reactive ketones (excluding diaryl/α,β-unsaturated/α-hetero) is 1. The summed E-state index contributed by atoms with van der Waals surface area (Å²) in [6.45, 7) is 4.23. The average Bonchev–Trinajstić information content (AvgIpc) is 3.12. The summed E-state index contributed by atoms with van der Waals surface area (Å²) in [5.74, 6) is -1.80. The molecule has 8 heteroatoms. The molecule has 0 aliphatic carbocycles. The van der Waals surface area contributed by atoms with Crippen LogP contribution in [-0.2, 0) is 16.0 Å². The minimum atomic E-state index is -1.01. The maximum absolute atomic E-state index is 13.3. The normalized spacial score (nSPS) is 17.1. The number of halogens is 2. The van der Waals surface area contributed by atoms with E-state index in [1.807, 2.05) is 26.0 Å². The Labute approximate surface area is 213 Å². The van der Waals surface area contributed by atoms with Gasteiger partial charge in [0.15, 0.2) is 0 Å². The number of ketones is 1. The summed E-state index contributed by atoms with van der Waals surface area (Å²) in [5, 5.41) is 21.5. The molecular formula is C27H23Cl2NO5. The highest BCUT2D eigenvalue weighted by Gasteiger charge is 2.47. The predicted octanol–water partition coefficient (Wildman–Crippen LogP) is 6.29. The number of aromatic hydroxyl groups is 1. The van der Waals surface area contributed by atoms with Crippen LogP contribution in [0.4, 0.5) is 5.69 Å². The molecule has 6 nitrogen and oxygen atoms in total. The molecule has 0 radical (unpaired) electrons. The number of nitrogens with zero attached hydrogens (tertiary/aromatic N) is 1. The maximum atomic E-state index is 13.3. The molecule has 1 saturated heterocycles. The van der Waals surface area contributed by atoms with Crippen LogP contribution in [-0.4, -0.2) is 28.5 Å². The van der Waals surface area contributed by atoms with Crippen molar-refractivity contribution in [2.45, 2.75) is 26.3 Å². The van der Waals surface area contributed by atoms with Crippen molar-refractivity contribution in [3.63, 3.8) is 0 Å². The van der Waals surface area contributed by atoms with Gasteiger partial charge in [-0.3, -0.25) is 14.5 Å². The molecule has 3 aromatic rings. The topological polar surface area (TPSA) is 87.1 Å². The molecule has 0 aromatic heterocycles. The number of aryl methyl sites for hydroxylation is 1. The number of aliphatic hydroxyl groups excluding tert-OH is 1. The fourth-order valence-electron chi connectivity index (χ4n) is 4.09. The molecule has 1 heterocycles. The fraction of sp³-hybridized carbons (Fsp3) is 0.185. The number of phenolic OH excluding ortho intramolecular Hbond substituents is 1. The molecule has 4 rings (SSSR count). The number of anilines is 1. The summed E-state index contributed by atoms with van der Waals surface area (Å²) in [6, 6.07) is 15.3. The van der Waals surface area contributed by atoms with E-state index >= 15 is 0 Å². The second-order valence-corrected chi connectivity index (χ2v) is 8.79. The van der Waals surface area contributed by atoms with E-state index < -0.39 is 23.5 Å². The number of hydrogen-bond acceptors (Lipinski definition) is 5. The Morgan fingerprint density at radius 1 is 0.971 bits per heavy atom. The van der Waals surface area contributed by atoms with E-state index in [1.165, 1.54) is 23.1 Å². The van der Waals surface area contributed by atoms with Crippen molar-refractivity contribution in [1.82, 2.24) is 0 Å². The van der Waals surface area contributed by atoms with E-state index in [9.17, 15) is 19.8 Å². The standard InChI is InChI=1S/C27H23Cl2NO5/c1-3-15-5-8-17(9-6-15)30-24(16-7-12-22(31)21(29)13-16)23(26(33)27(30)34)25(32)19-14-18(35-4-2)10-11-20(19)28/h5-14,24,31-32H,3-4H2,1-2H3/b25-23+. The molecule has 0 saturated carbocycles. The highest BCUT2D eigenvalue weighted by atomic mass is 35.5. The van der Waals surface area contributed by atoms with Crippen LogP contribution in [0.3, 0.4) is 0 Å². The average molecular weight is 512 g/mol. The van der Waals surface area contributed by atoms with Crippen molar-refractivity contribution >= 4 is 46.3 Å². The number of aliphatic hydroxyl groups is 1. The van der Waals surface area contributed by atoms with Crippen molar-refractivity contribution < 1.29 is 24.5 Å². The molecule has 180 valence electrons. The van der Waals surface area contributed by atoms with Crippen LogP contribution < -0.4 is 9.64 Å². The Morgan fingerprint density at radius 2 is 1.69 bits per heavy atom. The van der Waals surface area contributed by atoms with Crippen molar-refractivity contribution in [2.75, 3.05) is 11.5 Å². The van der Waals surface area contributed by atoms with Gasteiger partial charge in [-0.15, -0.1) is 0 Å². The third-order valence-electron chi connectivity index (χ3n) is 5.86. The molecule has 1 fully saturated rings. The van der Waals surface area contributed by atoms with Crippen LogP contribution in [0.1, 0.15) is 36.6 Å². The summed E-state index contributed by atoms with van der Waals surface area (Å²) in [4.78, 5) is 27.9. The van der Waals surface area contributed by atoms with Gasteiger partial charge in [0.2, 0.25) is 0 Å². The minimum absolute atomic E-state index is 0.0470. The zero-order valence-corrected chi connectivity index (χ0v) is 20.6. The third-order valence-corrected chi connectivity index (χ3v) is 6.49. The first-order valence-electron chi connectivity index (χ1n) is 11.1. The van der Waals surface area contributed by atoms with Crippen molar-refractivity contribution in [1.29, 1.82) is 0 Å². The van der Waals surface area contributed by atoms with Crippen molar-refractivity contribution in [3.8, 4) is 11.5 Å². The molecule has 0 bridgehead atoms. The fourth-order valence-corrected chi connectivity index (χ4v) is 4.48. The highest BCUT2D eigenvalue weighted by molar-refractivity contribution is 6.52. The van der Waals surface area contributed by atoms with Gasteiger partial charge in [-0.05, 0) is 66.9 Å². The molecule has 1 unspecified atom stereocenters. The zero-order chi connectivity index (χ0) is 25.3. The first-order chi connectivity index (χ1) is 16.8. The van der Waals surface area contributed by atoms with Gasteiger partial charge in [0, 0.05) is 11.3 Å². The van der Waals surface area contributed by atoms with Crippen molar-refractivity contribution in [3.05, 3.63) is 93.0 Å². The smallest absolute Gasteiger partial charge is 0.300 e. The van der Waals surface area contributed by atoms with E-state index in [-0.39, 0.29) is 26.9 Å². The number of amides is 1.